The molecule has 0 fully saturated rings. The molecule has 8 heteroatoms. The van der Waals surface area contributed by atoms with E-state index >= 15 is 0 Å². The Morgan fingerprint density at radius 3 is 2.59 bits per heavy atom. The lowest BCUT2D eigenvalue weighted by molar-refractivity contribution is -0.114. The van der Waals surface area contributed by atoms with Crippen LogP contribution < -0.4 is 16.0 Å². The van der Waals surface area contributed by atoms with Gasteiger partial charge in [-0.05, 0) is 31.5 Å². The molecule has 1 amide bonds. The summed E-state index contributed by atoms with van der Waals surface area (Å²) in [4.78, 5) is 16.1. The van der Waals surface area contributed by atoms with Gasteiger partial charge in [-0.3, -0.25) is 4.79 Å². The molecule has 0 radical (unpaired) electrons. The van der Waals surface area contributed by atoms with Crippen molar-refractivity contribution in [3.63, 3.8) is 0 Å². The van der Waals surface area contributed by atoms with Gasteiger partial charge in [0.15, 0.2) is 5.96 Å². The molecule has 152 valence electrons. The lowest BCUT2D eigenvalue weighted by Gasteiger charge is -2.11. The van der Waals surface area contributed by atoms with Gasteiger partial charge in [0.2, 0.25) is 5.91 Å². The van der Waals surface area contributed by atoms with Gasteiger partial charge in [0.25, 0.3) is 0 Å². The molecule has 0 aromatic heterocycles. The van der Waals surface area contributed by atoms with E-state index in [2.05, 4.69) is 27.9 Å². The van der Waals surface area contributed by atoms with E-state index in [-0.39, 0.29) is 12.5 Å². The molecule has 7 nitrogen and oxygen atoms in total. The van der Waals surface area contributed by atoms with Gasteiger partial charge in [-0.15, -0.1) is 0 Å². The number of benzene rings is 1. The van der Waals surface area contributed by atoms with Gasteiger partial charge in [-0.25, -0.2) is 9.38 Å². The second-order valence-corrected chi connectivity index (χ2v) is 5.76. The van der Waals surface area contributed by atoms with E-state index in [1.165, 1.54) is 18.2 Å². The predicted octanol–water partition coefficient (Wildman–Crippen LogP) is 2.15. The van der Waals surface area contributed by atoms with Crippen molar-refractivity contribution in [3.05, 3.63) is 30.1 Å². The highest BCUT2D eigenvalue weighted by molar-refractivity contribution is 5.94. The van der Waals surface area contributed by atoms with Gasteiger partial charge >= 0.3 is 0 Å². The molecule has 0 aliphatic rings. The van der Waals surface area contributed by atoms with Crippen molar-refractivity contribution in [3.8, 4) is 0 Å². The second-order valence-electron chi connectivity index (χ2n) is 5.76. The molecule has 0 saturated heterocycles. The summed E-state index contributed by atoms with van der Waals surface area (Å²) in [6, 6.07) is 5.74. The Balaban J connectivity index is 2.24. The molecule has 1 aromatic carbocycles. The van der Waals surface area contributed by atoms with Crippen molar-refractivity contribution in [2.75, 3.05) is 51.4 Å². The minimum Gasteiger partial charge on any atom is -0.379 e. The third-order valence-corrected chi connectivity index (χ3v) is 3.39. The summed E-state index contributed by atoms with van der Waals surface area (Å²) in [5.41, 5.74) is 0.405. The average Bonchev–Trinajstić information content (AvgIpc) is 2.64. The zero-order chi connectivity index (χ0) is 19.7. The summed E-state index contributed by atoms with van der Waals surface area (Å²) in [7, 11) is 0. The zero-order valence-electron chi connectivity index (χ0n) is 16.2. The molecule has 0 unspecified atom stereocenters. The molecule has 0 heterocycles. The number of ether oxygens (including phenoxy) is 2. The number of anilines is 1. The van der Waals surface area contributed by atoms with Crippen LogP contribution in [0.4, 0.5) is 10.1 Å². The second kappa shape index (κ2) is 14.9. The van der Waals surface area contributed by atoms with Gasteiger partial charge < -0.3 is 25.4 Å². The highest BCUT2D eigenvalue weighted by atomic mass is 19.1. The minimum atomic E-state index is -0.401. The van der Waals surface area contributed by atoms with E-state index in [9.17, 15) is 9.18 Å². The van der Waals surface area contributed by atoms with Crippen LogP contribution in [0.15, 0.2) is 29.3 Å². The molecule has 1 rings (SSSR count). The van der Waals surface area contributed by atoms with E-state index in [4.69, 9.17) is 9.47 Å². The van der Waals surface area contributed by atoms with Crippen molar-refractivity contribution >= 4 is 17.6 Å². The van der Waals surface area contributed by atoms with E-state index in [1.54, 1.807) is 6.07 Å². The monoisotopic (exact) mass is 382 g/mol. The Labute approximate surface area is 160 Å². The number of aliphatic imine (C=N–C) groups is 1. The Kier molecular flexibility index (Phi) is 12.6. The van der Waals surface area contributed by atoms with E-state index < -0.39 is 5.82 Å². The van der Waals surface area contributed by atoms with Gasteiger partial charge in [-0.2, -0.15) is 0 Å². The molecule has 0 aliphatic heterocycles. The Morgan fingerprint density at radius 2 is 1.89 bits per heavy atom. The molecular weight excluding hydrogens is 351 g/mol. The van der Waals surface area contributed by atoms with Gasteiger partial charge in [0, 0.05) is 25.4 Å². The third kappa shape index (κ3) is 11.9. The Morgan fingerprint density at radius 1 is 1.11 bits per heavy atom. The fourth-order valence-electron chi connectivity index (χ4n) is 2.07. The van der Waals surface area contributed by atoms with E-state index in [1.807, 2.05) is 6.92 Å². The fraction of sp³-hybridized carbons (Fsp3) is 0.579. The molecule has 0 spiro atoms. The summed E-state index contributed by atoms with van der Waals surface area (Å²) in [5, 5.41) is 8.75. The number of unbranched alkanes of at least 4 members (excludes halogenated alkanes) is 1. The zero-order valence-corrected chi connectivity index (χ0v) is 16.2. The summed E-state index contributed by atoms with van der Waals surface area (Å²) in [5.74, 6) is -0.199. The smallest absolute Gasteiger partial charge is 0.246 e. The van der Waals surface area contributed by atoms with Crippen LogP contribution in [0.2, 0.25) is 0 Å². The van der Waals surface area contributed by atoms with E-state index in [0.29, 0.717) is 44.6 Å². The van der Waals surface area contributed by atoms with Gasteiger partial charge in [0.05, 0.1) is 19.8 Å². The minimum absolute atomic E-state index is 0.0715. The summed E-state index contributed by atoms with van der Waals surface area (Å²) in [6.45, 7) is 7.65. The maximum atomic E-state index is 13.1. The van der Waals surface area contributed by atoms with Crippen molar-refractivity contribution < 1.29 is 18.7 Å². The van der Waals surface area contributed by atoms with Crippen LogP contribution in [0, 0.1) is 5.82 Å². The number of halogens is 1. The van der Waals surface area contributed by atoms with Crippen LogP contribution in [-0.2, 0) is 14.3 Å². The van der Waals surface area contributed by atoms with Crippen LogP contribution in [0.1, 0.15) is 26.7 Å². The molecule has 0 bridgehead atoms. The number of amides is 1. The Bertz CT molecular complexity index is 570. The van der Waals surface area contributed by atoms with Crippen LogP contribution in [-0.4, -0.2) is 57.9 Å². The highest BCUT2D eigenvalue weighted by Crippen LogP contribution is 2.08. The molecule has 3 N–H and O–H groups in total. The quantitative estimate of drug-likeness (QED) is 0.277. The van der Waals surface area contributed by atoms with E-state index in [0.717, 1.165) is 19.4 Å². The first-order valence-corrected chi connectivity index (χ1v) is 9.38. The maximum Gasteiger partial charge on any atom is 0.246 e. The highest BCUT2D eigenvalue weighted by Gasteiger charge is 2.04. The third-order valence-electron chi connectivity index (χ3n) is 3.39. The number of carbonyl (C=O) groups excluding carboxylic acids is 1. The number of nitrogens with zero attached hydrogens (tertiary/aromatic N) is 1. The van der Waals surface area contributed by atoms with Crippen molar-refractivity contribution in [2.45, 2.75) is 26.7 Å². The lowest BCUT2D eigenvalue weighted by atomic mass is 10.3. The number of carbonyl (C=O) groups is 1. The first-order chi connectivity index (χ1) is 13.2. The van der Waals surface area contributed by atoms with Crippen LogP contribution in [0.3, 0.4) is 0 Å². The molecule has 0 atom stereocenters. The number of hydrogen-bond acceptors (Lipinski definition) is 4. The molecular formula is C19H31FN4O3. The number of rotatable bonds is 13. The standard InChI is InChI=1S/C19H31FN4O3/c1-3-5-10-26-12-13-27-11-9-22-19(21-4-2)23-15-18(25)24-17-8-6-7-16(20)14-17/h6-8,14H,3-5,9-13,15H2,1-2H3,(H,24,25)(H2,21,22,23). The van der Waals surface area contributed by atoms with Crippen LogP contribution in [0.25, 0.3) is 0 Å². The molecule has 27 heavy (non-hydrogen) atoms. The van der Waals surface area contributed by atoms with Crippen LogP contribution in [0.5, 0.6) is 0 Å². The topological polar surface area (TPSA) is 84.0 Å². The number of nitrogens with one attached hydrogen (secondary N) is 3. The summed E-state index contributed by atoms with van der Waals surface area (Å²) < 4.78 is 24.0. The number of hydrogen-bond donors (Lipinski definition) is 3. The average molecular weight is 382 g/mol. The molecule has 0 aliphatic carbocycles. The molecule has 1 aromatic rings. The largest absolute Gasteiger partial charge is 0.379 e. The fourth-order valence-corrected chi connectivity index (χ4v) is 2.07. The predicted molar refractivity (Wildman–Crippen MR) is 106 cm³/mol. The summed E-state index contributed by atoms with van der Waals surface area (Å²) in [6.07, 6.45) is 2.19. The van der Waals surface area contributed by atoms with Crippen molar-refractivity contribution in [1.82, 2.24) is 10.6 Å². The SMILES string of the molecule is CCCCOCCOCCNC(=NCC(=O)Nc1cccc(F)c1)NCC. The summed E-state index contributed by atoms with van der Waals surface area (Å²) >= 11 is 0. The van der Waals surface area contributed by atoms with Crippen molar-refractivity contribution in [1.29, 1.82) is 0 Å². The Hall–Kier alpha value is -2.19. The first kappa shape index (κ1) is 22.9. The van der Waals surface area contributed by atoms with Crippen molar-refractivity contribution in [2.24, 2.45) is 4.99 Å². The molecule has 0 saturated carbocycles. The maximum absolute atomic E-state index is 13.1. The van der Waals surface area contributed by atoms with Gasteiger partial charge in [-0.1, -0.05) is 19.4 Å². The first-order valence-electron chi connectivity index (χ1n) is 9.38. The van der Waals surface area contributed by atoms with Gasteiger partial charge in [0.1, 0.15) is 12.4 Å². The van der Waals surface area contributed by atoms with Crippen LogP contribution >= 0.6 is 0 Å². The lowest BCUT2D eigenvalue weighted by Crippen LogP contribution is -2.39. The normalized spacial score (nSPS) is 11.3. The number of guanidine groups is 1.